The van der Waals surface area contributed by atoms with Crippen molar-refractivity contribution in [3.8, 4) is 0 Å². The molecule has 8 nitrogen and oxygen atoms in total. The predicted molar refractivity (Wildman–Crippen MR) is 101 cm³/mol. The van der Waals surface area contributed by atoms with Crippen LogP contribution in [0.25, 0.3) is 0 Å². The van der Waals surface area contributed by atoms with Gasteiger partial charge in [0.25, 0.3) is 0 Å². The van der Waals surface area contributed by atoms with Crippen LogP contribution in [0.3, 0.4) is 0 Å². The van der Waals surface area contributed by atoms with Gasteiger partial charge < -0.3 is 5.11 Å². The summed E-state index contributed by atoms with van der Waals surface area (Å²) in [4.78, 5) is 12.1. The molecule has 27 heavy (non-hydrogen) atoms. The molecule has 0 amide bonds. The smallest absolute Gasteiger partial charge is 0.205 e. The van der Waals surface area contributed by atoms with Gasteiger partial charge in [-0.15, -0.1) is 0 Å². The highest BCUT2D eigenvalue weighted by atomic mass is 35.5. The van der Waals surface area contributed by atoms with Crippen molar-refractivity contribution in [1.82, 2.24) is 10.2 Å². The standard InChI is InChI=1S/C15H16Cl2N2O6S2/c16-11-4-10(5-12(17)6-11)8-26(22,23)9-13-14(21)7-15(19-18-13)27(24,25)3-1-2-20/h4-7,20H,1-3,8-9H2,(H,19,21). The van der Waals surface area contributed by atoms with Gasteiger partial charge in [-0.1, -0.05) is 23.2 Å². The molecule has 0 aliphatic rings. The van der Waals surface area contributed by atoms with Gasteiger partial charge in [0.05, 0.1) is 17.3 Å². The Hall–Kier alpha value is -1.46. The second-order valence-electron chi connectivity index (χ2n) is 5.75. The van der Waals surface area contributed by atoms with Crippen LogP contribution in [0.1, 0.15) is 17.7 Å². The van der Waals surface area contributed by atoms with Crippen molar-refractivity contribution in [2.75, 3.05) is 12.4 Å². The van der Waals surface area contributed by atoms with E-state index < -0.39 is 41.6 Å². The average molecular weight is 455 g/mol. The lowest BCUT2D eigenvalue weighted by Gasteiger charge is -2.07. The third kappa shape index (κ3) is 6.28. The van der Waals surface area contributed by atoms with Gasteiger partial charge in [-0.3, -0.25) is 9.89 Å². The van der Waals surface area contributed by atoms with Crippen LogP contribution in [-0.2, 0) is 31.2 Å². The van der Waals surface area contributed by atoms with E-state index >= 15 is 0 Å². The van der Waals surface area contributed by atoms with Crippen LogP contribution in [0.2, 0.25) is 10.0 Å². The SMILES string of the molecule is O=c1cc(S(=O)(=O)CCCO)[nH]nc1CS(=O)(=O)Cc1cc(Cl)cc(Cl)c1. The normalized spacial score (nSPS) is 12.3. The van der Waals surface area contributed by atoms with Gasteiger partial charge in [0, 0.05) is 22.7 Å². The summed E-state index contributed by atoms with van der Waals surface area (Å²) in [5, 5.41) is 14.7. The van der Waals surface area contributed by atoms with E-state index in [2.05, 4.69) is 10.2 Å². The zero-order valence-corrected chi connectivity index (χ0v) is 17.0. The fraction of sp³-hybridized carbons (Fsp3) is 0.333. The third-order valence-electron chi connectivity index (χ3n) is 3.42. The molecule has 2 N–H and O–H groups in total. The maximum atomic E-state index is 12.3. The Bertz CT molecular complexity index is 1080. The summed E-state index contributed by atoms with van der Waals surface area (Å²) in [5.41, 5.74) is -0.791. The highest BCUT2D eigenvalue weighted by molar-refractivity contribution is 7.91. The molecule has 0 aliphatic carbocycles. The van der Waals surface area contributed by atoms with Crippen molar-refractivity contribution >= 4 is 42.9 Å². The van der Waals surface area contributed by atoms with Crippen molar-refractivity contribution in [2.45, 2.75) is 23.0 Å². The van der Waals surface area contributed by atoms with Gasteiger partial charge in [0.1, 0.15) is 5.69 Å². The molecule has 0 unspecified atom stereocenters. The van der Waals surface area contributed by atoms with Crippen molar-refractivity contribution in [1.29, 1.82) is 0 Å². The number of nitrogens with one attached hydrogen (secondary N) is 1. The van der Waals surface area contributed by atoms with E-state index in [9.17, 15) is 21.6 Å². The second-order valence-corrected chi connectivity index (χ2v) is 10.8. The molecule has 2 rings (SSSR count). The van der Waals surface area contributed by atoms with Gasteiger partial charge in [0.15, 0.2) is 24.7 Å². The molecule has 12 heteroatoms. The van der Waals surface area contributed by atoms with Crippen molar-refractivity contribution in [3.05, 3.63) is 55.8 Å². The molecule has 1 aromatic carbocycles. The summed E-state index contributed by atoms with van der Waals surface area (Å²) in [6, 6.07) is 5.14. The van der Waals surface area contributed by atoms with E-state index in [0.717, 1.165) is 6.07 Å². The second kappa shape index (κ2) is 8.70. The molecule has 0 saturated carbocycles. The fourth-order valence-corrected chi connectivity index (χ4v) is 5.42. The molecule has 0 saturated heterocycles. The van der Waals surface area contributed by atoms with Gasteiger partial charge in [-0.25, -0.2) is 16.8 Å². The lowest BCUT2D eigenvalue weighted by atomic mass is 10.2. The van der Waals surface area contributed by atoms with Crippen LogP contribution < -0.4 is 5.43 Å². The number of hydrogen-bond acceptors (Lipinski definition) is 7. The Labute approximate surface area is 166 Å². The Morgan fingerprint density at radius 1 is 1.00 bits per heavy atom. The summed E-state index contributed by atoms with van der Waals surface area (Å²) < 4.78 is 48.6. The number of benzene rings is 1. The lowest BCUT2D eigenvalue weighted by Crippen LogP contribution is -2.21. The van der Waals surface area contributed by atoms with Crippen molar-refractivity contribution < 1.29 is 21.9 Å². The molecule has 1 heterocycles. The number of aromatic nitrogens is 2. The lowest BCUT2D eigenvalue weighted by molar-refractivity contribution is 0.295. The number of aromatic amines is 1. The fourth-order valence-electron chi connectivity index (χ4n) is 2.25. The largest absolute Gasteiger partial charge is 0.396 e. The highest BCUT2D eigenvalue weighted by Crippen LogP contribution is 2.21. The molecule has 0 fully saturated rings. The molecule has 1 aromatic heterocycles. The van der Waals surface area contributed by atoms with Gasteiger partial charge in [0.2, 0.25) is 5.43 Å². The summed E-state index contributed by atoms with van der Waals surface area (Å²) in [6.45, 7) is -0.319. The number of halogens is 2. The van der Waals surface area contributed by atoms with Crippen LogP contribution in [0.5, 0.6) is 0 Å². The average Bonchev–Trinajstić information content (AvgIpc) is 2.53. The van der Waals surface area contributed by atoms with E-state index in [1.807, 2.05) is 0 Å². The first-order valence-electron chi connectivity index (χ1n) is 7.60. The van der Waals surface area contributed by atoms with Crippen LogP contribution in [0.4, 0.5) is 0 Å². The zero-order chi connectivity index (χ0) is 20.2. The van der Waals surface area contributed by atoms with Crippen LogP contribution in [0.15, 0.2) is 34.1 Å². The molecular weight excluding hydrogens is 439 g/mol. The molecule has 2 aromatic rings. The maximum absolute atomic E-state index is 12.3. The Morgan fingerprint density at radius 2 is 1.63 bits per heavy atom. The van der Waals surface area contributed by atoms with Crippen LogP contribution in [-0.4, -0.2) is 44.5 Å². The van der Waals surface area contributed by atoms with E-state index in [-0.39, 0.29) is 34.5 Å². The Morgan fingerprint density at radius 3 is 2.19 bits per heavy atom. The molecular formula is C15H16Cl2N2O6S2. The molecule has 0 aliphatic heterocycles. The number of aliphatic hydroxyl groups is 1. The molecule has 0 bridgehead atoms. The van der Waals surface area contributed by atoms with Crippen molar-refractivity contribution in [2.24, 2.45) is 0 Å². The third-order valence-corrected chi connectivity index (χ3v) is 7.05. The zero-order valence-electron chi connectivity index (χ0n) is 13.9. The molecule has 0 atom stereocenters. The first-order chi connectivity index (χ1) is 12.5. The molecule has 148 valence electrons. The van der Waals surface area contributed by atoms with Crippen molar-refractivity contribution in [3.63, 3.8) is 0 Å². The van der Waals surface area contributed by atoms with Crippen LogP contribution >= 0.6 is 23.2 Å². The maximum Gasteiger partial charge on any atom is 0.205 e. The van der Waals surface area contributed by atoms with E-state index in [4.69, 9.17) is 28.3 Å². The monoisotopic (exact) mass is 454 g/mol. The predicted octanol–water partition coefficient (Wildman–Crippen LogP) is 1.35. The van der Waals surface area contributed by atoms with Gasteiger partial charge in [-0.05, 0) is 30.2 Å². The van der Waals surface area contributed by atoms with E-state index in [0.29, 0.717) is 5.56 Å². The summed E-state index contributed by atoms with van der Waals surface area (Å²) in [6.07, 6.45) is 0.00267. The number of aliphatic hydroxyl groups excluding tert-OH is 1. The number of hydrogen-bond donors (Lipinski definition) is 2. The summed E-state index contributed by atoms with van der Waals surface area (Å²) >= 11 is 11.7. The first kappa shape index (κ1) is 21.8. The summed E-state index contributed by atoms with van der Waals surface area (Å²) in [5.74, 6) is -1.46. The number of H-pyrrole nitrogens is 1. The number of sulfone groups is 2. The Kier molecular flexibility index (Phi) is 7.03. The molecule has 0 radical (unpaired) electrons. The molecule has 0 spiro atoms. The summed E-state index contributed by atoms with van der Waals surface area (Å²) in [7, 11) is -7.61. The Balaban J connectivity index is 2.22. The number of nitrogens with zero attached hydrogens (tertiary/aromatic N) is 1. The van der Waals surface area contributed by atoms with E-state index in [1.54, 1.807) is 0 Å². The first-order valence-corrected chi connectivity index (χ1v) is 11.8. The van der Waals surface area contributed by atoms with Gasteiger partial charge >= 0.3 is 0 Å². The minimum atomic E-state index is -3.82. The topological polar surface area (TPSA) is 134 Å². The van der Waals surface area contributed by atoms with Crippen LogP contribution in [0, 0.1) is 0 Å². The number of rotatable bonds is 8. The highest BCUT2D eigenvalue weighted by Gasteiger charge is 2.21. The minimum absolute atomic E-state index is 0.00267. The van der Waals surface area contributed by atoms with E-state index in [1.165, 1.54) is 18.2 Å². The quantitative estimate of drug-likeness (QED) is 0.614. The van der Waals surface area contributed by atoms with Gasteiger partial charge in [-0.2, -0.15) is 5.10 Å². The minimum Gasteiger partial charge on any atom is -0.396 e.